The molecule has 0 amide bonds. The zero-order chi connectivity index (χ0) is 23.2. The number of methoxy groups -OCH3 is 1. The molecule has 3 atom stereocenters. The second-order valence-electron chi connectivity index (χ2n) is 8.21. The number of hydrogen-bond donors (Lipinski definition) is 2. The number of anilines is 2. The van der Waals surface area contributed by atoms with Gasteiger partial charge in [-0.1, -0.05) is 53.6 Å². The highest BCUT2D eigenvalue weighted by molar-refractivity contribution is 7.92. The highest BCUT2D eigenvalue weighted by Gasteiger charge is 2.38. The molecule has 5 nitrogen and oxygen atoms in total. The van der Waals surface area contributed by atoms with Gasteiger partial charge >= 0.3 is 0 Å². The summed E-state index contributed by atoms with van der Waals surface area (Å²) in [5.74, 6) is 1.20. The van der Waals surface area contributed by atoms with Crippen molar-refractivity contribution in [1.82, 2.24) is 0 Å². The Hall–Kier alpha value is -2.67. The smallest absolute Gasteiger partial charge is 0.261 e. The molecule has 0 saturated heterocycles. The zero-order valence-electron chi connectivity index (χ0n) is 17.8. The summed E-state index contributed by atoms with van der Waals surface area (Å²) in [5.41, 5.74) is 3.28. The molecular formula is C25H22Cl2N2O3S. The first-order chi connectivity index (χ1) is 15.9. The SMILES string of the molecule is COc1cccc([C@H]2Nc3ccc(S(=O)(=O)Nc4cccc(Cl)c4Cl)cc3[C@H]3C=CC[C@H]32)c1. The fourth-order valence-corrected chi connectivity index (χ4v) is 6.20. The van der Waals surface area contributed by atoms with Crippen LogP contribution in [0.4, 0.5) is 11.4 Å². The molecule has 1 aliphatic heterocycles. The maximum absolute atomic E-state index is 13.1. The van der Waals surface area contributed by atoms with E-state index in [2.05, 4.69) is 34.3 Å². The van der Waals surface area contributed by atoms with E-state index >= 15 is 0 Å². The number of hydrogen-bond acceptors (Lipinski definition) is 4. The topological polar surface area (TPSA) is 67.4 Å². The molecule has 170 valence electrons. The van der Waals surface area contributed by atoms with Gasteiger partial charge in [0.1, 0.15) is 5.75 Å². The first kappa shape index (κ1) is 22.1. The van der Waals surface area contributed by atoms with Gasteiger partial charge in [-0.05, 0) is 65.9 Å². The molecule has 2 N–H and O–H groups in total. The normalized spacial score (nSPS) is 21.1. The fraction of sp³-hybridized carbons (Fsp3) is 0.200. The van der Waals surface area contributed by atoms with E-state index in [4.69, 9.17) is 27.9 Å². The van der Waals surface area contributed by atoms with Crippen LogP contribution in [0.5, 0.6) is 5.75 Å². The molecule has 3 aromatic rings. The Balaban J connectivity index is 1.49. The van der Waals surface area contributed by atoms with E-state index in [1.54, 1.807) is 37.4 Å². The summed E-state index contributed by atoms with van der Waals surface area (Å²) in [6, 6.07) is 18.2. The van der Waals surface area contributed by atoms with Crippen LogP contribution in [0.15, 0.2) is 77.7 Å². The number of allylic oxidation sites excluding steroid dienone is 2. The summed E-state index contributed by atoms with van der Waals surface area (Å²) in [4.78, 5) is 0.179. The third kappa shape index (κ3) is 4.07. The number of sulfonamides is 1. The van der Waals surface area contributed by atoms with Gasteiger partial charge in [0.2, 0.25) is 0 Å². The lowest BCUT2D eigenvalue weighted by atomic mass is 9.77. The van der Waals surface area contributed by atoms with Crippen LogP contribution >= 0.6 is 23.2 Å². The van der Waals surface area contributed by atoms with E-state index in [-0.39, 0.29) is 38.5 Å². The molecule has 0 fully saturated rings. The fourth-order valence-electron chi connectivity index (χ4n) is 4.69. The summed E-state index contributed by atoms with van der Waals surface area (Å²) in [6.45, 7) is 0. The Bertz CT molecular complexity index is 1360. The number of benzene rings is 3. The molecule has 0 spiro atoms. The van der Waals surface area contributed by atoms with Gasteiger partial charge in [-0.2, -0.15) is 0 Å². The van der Waals surface area contributed by atoms with Crippen LogP contribution in [-0.2, 0) is 10.0 Å². The summed E-state index contributed by atoms with van der Waals surface area (Å²) >= 11 is 12.2. The van der Waals surface area contributed by atoms with Crippen molar-refractivity contribution in [2.45, 2.75) is 23.3 Å². The lowest BCUT2D eigenvalue weighted by Crippen LogP contribution is -2.29. The first-order valence-electron chi connectivity index (χ1n) is 10.6. The Morgan fingerprint density at radius 3 is 2.70 bits per heavy atom. The standard InChI is InChI=1S/C25H22Cl2N2O3S/c1-32-16-6-2-5-15(13-16)25-19-8-3-7-18(19)20-14-17(11-12-22(20)28-25)33(30,31)29-23-10-4-9-21(26)24(23)27/h2-7,9-14,18-19,25,28-29H,8H2,1H3/t18-,19+,25+/m0/s1. The molecule has 0 saturated carbocycles. The third-order valence-corrected chi connectivity index (χ3v) is 8.48. The number of nitrogens with one attached hydrogen (secondary N) is 2. The van der Waals surface area contributed by atoms with E-state index in [1.165, 1.54) is 0 Å². The van der Waals surface area contributed by atoms with E-state index in [0.717, 1.165) is 29.0 Å². The van der Waals surface area contributed by atoms with Crippen LogP contribution in [0, 0.1) is 5.92 Å². The number of fused-ring (bicyclic) bond motifs is 3. The average molecular weight is 501 g/mol. The second-order valence-corrected chi connectivity index (χ2v) is 10.7. The van der Waals surface area contributed by atoms with Crippen molar-refractivity contribution in [1.29, 1.82) is 0 Å². The van der Waals surface area contributed by atoms with Gasteiger partial charge in [-0.25, -0.2) is 8.42 Å². The van der Waals surface area contributed by atoms with Gasteiger partial charge in [0.25, 0.3) is 10.0 Å². The highest BCUT2D eigenvalue weighted by Crippen LogP contribution is 2.50. The molecule has 1 heterocycles. The minimum absolute atomic E-state index is 0.0958. The Morgan fingerprint density at radius 1 is 1.06 bits per heavy atom. The third-order valence-electron chi connectivity index (χ3n) is 6.29. The molecule has 0 aromatic heterocycles. The zero-order valence-corrected chi connectivity index (χ0v) is 20.1. The van der Waals surface area contributed by atoms with Crippen molar-refractivity contribution in [3.8, 4) is 5.75 Å². The maximum atomic E-state index is 13.1. The van der Waals surface area contributed by atoms with Crippen LogP contribution in [0.25, 0.3) is 0 Å². The van der Waals surface area contributed by atoms with Gasteiger partial charge in [0.15, 0.2) is 0 Å². The largest absolute Gasteiger partial charge is 0.497 e. The van der Waals surface area contributed by atoms with E-state index in [9.17, 15) is 8.42 Å². The van der Waals surface area contributed by atoms with Gasteiger partial charge in [-0.3, -0.25) is 4.72 Å². The molecule has 1 aliphatic carbocycles. The molecule has 5 rings (SSSR count). The van der Waals surface area contributed by atoms with E-state index < -0.39 is 10.0 Å². The quantitative estimate of drug-likeness (QED) is 0.385. The minimum Gasteiger partial charge on any atom is -0.497 e. The van der Waals surface area contributed by atoms with Gasteiger partial charge in [-0.15, -0.1) is 0 Å². The Labute approximate surface area is 203 Å². The summed E-state index contributed by atoms with van der Waals surface area (Å²) < 4.78 is 34.2. The van der Waals surface area contributed by atoms with Crippen LogP contribution in [0.1, 0.15) is 29.5 Å². The van der Waals surface area contributed by atoms with Crippen LogP contribution in [-0.4, -0.2) is 15.5 Å². The van der Waals surface area contributed by atoms with E-state index in [1.807, 2.05) is 18.2 Å². The van der Waals surface area contributed by atoms with Crippen molar-refractivity contribution < 1.29 is 13.2 Å². The highest BCUT2D eigenvalue weighted by atomic mass is 35.5. The van der Waals surface area contributed by atoms with Gasteiger partial charge < -0.3 is 10.1 Å². The molecule has 0 radical (unpaired) electrons. The van der Waals surface area contributed by atoms with E-state index in [0.29, 0.717) is 0 Å². The van der Waals surface area contributed by atoms with Crippen molar-refractivity contribution >= 4 is 44.6 Å². The first-order valence-corrected chi connectivity index (χ1v) is 12.8. The summed E-state index contributed by atoms with van der Waals surface area (Å²) in [7, 11) is -2.19. The predicted octanol–water partition coefficient (Wildman–Crippen LogP) is 6.63. The van der Waals surface area contributed by atoms with Crippen LogP contribution in [0.3, 0.4) is 0 Å². The number of rotatable bonds is 5. The maximum Gasteiger partial charge on any atom is 0.261 e. The molecular weight excluding hydrogens is 479 g/mol. The van der Waals surface area contributed by atoms with Crippen molar-refractivity contribution in [3.05, 3.63) is 94.0 Å². The molecule has 2 aliphatic rings. The monoisotopic (exact) mass is 500 g/mol. The number of ether oxygens (including phenoxy) is 1. The van der Waals surface area contributed by atoms with Gasteiger partial charge in [0.05, 0.1) is 33.8 Å². The van der Waals surface area contributed by atoms with Crippen molar-refractivity contribution in [2.24, 2.45) is 5.92 Å². The number of halogens is 2. The summed E-state index contributed by atoms with van der Waals surface area (Å²) in [6.07, 6.45) is 5.26. The Morgan fingerprint density at radius 2 is 1.88 bits per heavy atom. The average Bonchev–Trinajstić information content (AvgIpc) is 3.31. The lowest BCUT2D eigenvalue weighted by Gasteiger charge is -2.37. The Kier molecular flexibility index (Phi) is 5.77. The van der Waals surface area contributed by atoms with Crippen LogP contribution < -0.4 is 14.8 Å². The van der Waals surface area contributed by atoms with Crippen LogP contribution in [0.2, 0.25) is 10.0 Å². The van der Waals surface area contributed by atoms with Crippen molar-refractivity contribution in [3.63, 3.8) is 0 Å². The lowest BCUT2D eigenvalue weighted by molar-refractivity contribution is 0.406. The minimum atomic E-state index is -3.85. The molecule has 8 heteroatoms. The van der Waals surface area contributed by atoms with Gasteiger partial charge in [0, 0.05) is 11.6 Å². The molecule has 0 bridgehead atoms. The predicted molar refractivity (Wildman–Crippen MR) is 133 cm³/mol. The molecule has 33 heavy (non-hydrogen) atoms. The second kappa shape index (κ2) is 8.60. The van der Waals surface area contributed by atoms with Crippen molar-refractivity contribution in [2.75, 3.05) is 17.1 Å². The summed E-state index contributed by atoms with van der Waals surface area (Å²) in [5, 5.41) is 4.09. The molecule has 3 aromatic carbocycles. The molecule has 0 unspecified atom stereocenters.